The van der Waals surface area contributed by atoms with Crippen molar-refractivity contribution in [3.05, 3.63) is 70.8 Å². The van der Waals surface area contributed by atoms with E-state index in [4.69, 9.17) is 0 Å². The molecule has 0 saturated carbocycles. The lowest BCUT2D eigenvalue weighted by Gasteiger charge is -2.04. The van der Waals surface area contributed by atoms with Gasteiger partial charge in [0.25, 0.3) is 0 Å². The van der Waals surface area contributed by atoms with Gasteiger partial charge in [0.1, 0.15) is 0 Å². The molecule has 0 spiro atoms. The summed E-state index contributed by atoms with van der Waals surface area (Å²) >= 11 is 0. The minimum absolute atomic E-state index is 1.08. The molecule has 0 aliphatic rings. The zero-order valence-electron chi connectivity index (χ0n) is 10.7. The van der Waals surface area contributed by atoms with Crippen molar-refractivity contribution in [3.63, 3.8) is 0 Å². The van der Waals surface area contributed by atoms with Gasteiger partial charge in [-0.15, -0.1) is 0 Å². The Balaban J connectivity index is 1.99. The lowest BCUT2D eigenvalue weighted by molar-refractivity contribution is 0.951. The first-order valence-electron chi connectivity index (χ1n) is 6.33. The van der Waals surface area contributed by atoms with E-state index in [0.717, 1.165) is 19.3 Å². The van der Waals surface area contributed by atoms with Gasteiger partial charge in [-0.3, -0.25) is 0 Å². The second kappa shape index (κ2) is 5.67. The van der Waals surface area contributed by atoms with Gasteiger partial charge in [0.15, 0.2) is 0 Å². The summed E-state index contributed by atoms with van der Waals surface area (Å²) in [5, 5.41) is 0. The molecule has 0 aromatic heterocycles. The zero-order valence-corrected chi connectivity index (χ0v) is 10.7. The molecule has 0 aliphatic carbocycles. The summed E-state index contributed by atoms with van der Waals surface area (Å²) in [6.07, 6.45) is 3.28. The minimum atomic E-state index is 1.08. The molecule has 87 valence electrons. The number of rotatable bonds is 4. The summed E-state index contributed by atoms with van der Waals surface area (Å²) in [4.78, 5) is 0. The van der Waals surface area contributed by atoms with Gasteiger partial charge in [-0.05, 0) is 48.9 Å². The van der Waals surface area contributed by atoms with Crippen LogP contribution < -0.4 is 0 Å². The summed E-state index contributed by atoms with van der Waals surface area (Å²) in [6.45, 7) is 4.32. The van der Waals surface area contributed by atoms with Gasteiger partial charge in [0.2, 0.25) is 0 Å². The first kappa shape index (κ1) is 11.9. The van der Waals surface area contributed by atoms with Crippen LogP contribution in [-0.2, 0) is 19.3 Å². The highest BCUT2D eigenvalue weighted by atomic mass is 14.0. The summed E-state index contributed by atoms with van der Waals surface area (Å²) in [6, 6.07) is 18.6. The molecule has 0 amide bonds. The lowest BCUT2D eigenvalue weighted by Crippen LogP contribution is -1.93. The SMILES string of the molecule is CCc1cc[c]c(CCc2ccc(C)cc2)c1. The van der Waals surface area contributed by atoms with Crippen molar-refractivity contribution in [1.82, 2.24) is 0 Å². The van der Waals surface area contributed by atoms with Crippen LogP contribution in [0.5, 0.6) is 0 Å². The van der Waals surface area contributed by atoms with Crippen LogP contribution in [0, 0.1) is 13.0 Å². The summed E-state index contributed by atoms with van der Waals surface area (Å²) in [7, 11) is 0. The Morgan fingerprint density at radius 1 is 0.941 bits per heavy atom. The second-order valence-electron chi connectivity index (χ2n) is 4.56. The fourth-order valence-corrected chi connectivity index (χ4v) is 1.97. The molecule has 1 radical (unpaired) electrons. The third-order valence-electron chi connectivity index (χ3n) is 3.14. The highest BCUT2D eigenvalue weighted by Gasteiger charge is 1.97. The topological polar surface area (TPSA) is 0 Å². The maximum absolute atomic E-state index is 3.32. The van der Waals surface area contributed by atoms with E-state index in [1.54, 1.807) is 0 Å². The van der Waals surface area contributed by atoms with E-state index in [1.165, 1.54) is 22.3 Å². The third kappa shape index (κ3) is 3.45. The van der Waals surface area contributed by atoms with Crippen LogP contribution in [0.15, 0.2) is 42.5 Å². The van der Waals surface area contributed by atoms with E-state index >= 15 is 0 Å². The number of hydrogen-bond donors (Lipinski definition) is 0. The molecule has 2 aromatic carbocycles. The van der Waals surface area contributed by atoms with Gasteiger partial charge in [-0.25, -0.2) is 0 Å². The Morgan fingerprint density at radius 3 is 2.41 bits per heavy atom. The van der Waals surface area contributed by atoms with Gasteiger partial charge >= 0.3 is 0 Å². The van der Waals surface area contributed by atoms with E-state index in [-0.39, 0.29) is 0 Å². The molecule has 0 bridgehead atoms. The molecule has 0 heteroatoms. The molecule has 0 atom stereocenters. The number of hydrogen-bond acceptors (Lipinski definition) is 0. The van der Waals surface area contributed by atoms with Gasteiger partial charge in [-0.2, -0.15) is 0 Å². The smallest absolute Gasteiger partial charge is 0.0149 e. The lowest BCUT2D eigenvalue weighted by atomic mass is 10.0. The second-order valence-corrected chi connectivity index (χ2v) is 4.56. The Hall–Kier alpha value is -1.56. The summed E-state index contributed by atoms with van der Waals surface area (Å²) < 4.78 is 0. The fraction of sp³-hybridized carbons (Fsp3) is 0.294. The third-order valence-corrected chi connectivity index (χ3v) is 3.14. The van der Waals surface area contributed by atoms with Crippen molar-refractivity contribution in [3.8, 4) is 0 Å². The summed E-state index contributed by atoms with van der Waals surface area (Å²) in [5.74, 6) is 0. The minimum Gasteiger partial charge on any atom is -0.0613 e. The molecule has 0 unspecified atom stereocenters. The van der Waals surface area contributed by atoms with Crippen LogP contribution in [0.1, 0.15) is 29.2 Å². The largest absolute Gasteiger partial charge is 0.0613 e. The highest BCUT2D eigenvalue weighted by Crippen LogP contribution is 2.10. The van der Waals surface area contributed by atoms with E-state index in [0.29, 0.717) is 0 Å². The molecule has 0 saturated heterocycles. The maximum atomic E-state index is 3.32. The Kier molecular flexibility index (Phi) is 3.98. The van der Waals surface area contributed by atoms with Gasteiger partial charge < -0.3 is 0 Å². The zero-order chi connectivity index (χ0) is 12.1. The van der Waals surface area contributed by atoms with E-state index in [9.17, 15) is 0 Å². The fourth-order valence-electron chi connectivity index (χ4n) is 1.97. The quantitative estimate of drug-likeness (QED) is 0.730. The van der Waals surface area contributed by atoms with Crippen LogP contribution in [0.2, 0.25) is 0 Å². The first-order chi connectivity index (χ1) is 8.28. The Bertz CT molecular complexity index is 466. The van der Waals surface area contributed by atoms with Crippen molar-refractivity contribution >= 4 is 0 Å². The first-order valence-corrected chi connectivity index (χ1v) is 6.33. The van der Waals surface area contributed by atoms with Crippen LogP contribution in [0.3, 0.4) is 0 Å². The number of aryl methyl sites for hydroxylation is 4. The normalized spacial score (nSPS) is 10.5. The van der Waals surface area contributed by atoms with Crippen molar-refractivity contribution in [2.75, 3.05) is 0 Å². The van der Waals surface area contributed by atoms with E-state index < -0.39 is 0 Å². The molecule has 0 fully saturated rings. The monoisotopic (exact) mass is 223 g/mol. The van der Waals surface area contributed by atoms with Gasteiger partial charge in [0.05, 0.1) is 0 Å². The average Bonchev–Trinajstić information content (AvgIpc) is 2.38. The Labute approximate surface area is 104 Å². The Morgan fingerprint density at radius 2 is 1.71 bits per heavy atom. The standard InChI is InChI=1S/C17H19/c1-3-15-5-4-6-17(13-15)12-11-16-9-7-14(2)8-10-16/h4-5,7-10,13H,3,11-12H2,1-2H3. The molecule has 17 heavy (non-hydrogen) atoms. The molecule has 0 nitrogen and oxygen atoms in total. The average molecular weight is 223 g/mol. The van der Waals surface area contributed by atoms with Crippen LogP contribution >= 0.6 is 0 Å². The van der Waals surface area contributed by atoms with Gasteiger partial charge in [-0.1, -0.05) is 55.0 Å². The van der Waals surface area contributed by atoms with Crippen LogP contribution in [0.4, 0.5) is 0 Å². The van der Waals surface area contributed by atoms with Crippen LogP contribution in [0.25, 0.3) is 0 Å². The maximum Gasteiger partial charge on any atom is -0.0149 e. The van der Waals surface area contributed by atoms with Crippen LogP contribution in [-0.4, -0.2) is 0 Å². The van der Waals surface area contributed by atoms with Gasteiger partial charge in [0, 0.05) is 0 Å². The molecule has 2 rings (SSSR count). The number of benzene rings is 2. The van der Waals surface area contributed by atoms with E-state index in [1.807, 2.05) is 6.07 Å². The molecule has 0 N–H and O–H groups in total. The predicted octanol–water partition coefficient (Wildman–Crippen LogP) is 4.14. The van der Waals surface area contributed by atoms with Crippen molar-refractivity contribution in [2.45, 2.75) is 33.1 Å². The molecule has 2 aromatic rings. The molecular weight excluding hydrogens is 204 g/mol. The molecule has 0 heterocycles. The molecular formula is C17H19. The highest BCUT2D eigenvalue weighted by molar-refractivity contribution is 5.25. The van der Waals surface area contributed by atoms with E-state index in [2.05, 4.69) is 56.3 Å². The molecule has 0 aliphatic heterocycles. The predicted molar refractivity (Wildman–Crippen MR) is 73.2 cm³/mol. The summed E-state index contributed by atoms with van der Waals surface area (Å²) in [5.41, 5.74) is 5.46. The van der Waals surface area contributed by atoms with Crippen molar-refractivity contribution < 1.29 is 0 Å². The van der Waals surface area contributed by atoms with Crippen molar-refractivity contribution in [2.24, 2.45) is 0 Å². The van der Waals surface area contributed by atoms with Crippen molar-refractivity contribution in [1.29, 1.82) is 0 Å².